The average molecular weight is 354 g/mol. The Labute approximate surface area is 154 Å². The van der Waals surface area contributed by atoms with Crippen LogP contribution in [0, 0.1) is 0 Å². The van der Waals surface area contributed by atoms with Gasteiger partial charge in [-0.2, -0.15) is 0 Å². The SMILES string of the molecule is COCCN(CCC(=O)NC1CC1)c1nc(C2CC2)nc2ccccc12. The van der Waals surface area contributed by atoms with Crippen LogP contribution >= 0.6 is 0 Å². The predicted molar refractivity (Wildman–Crippen MR) is 101 cm³/mol. The third-order valence-corrected chi connectivity index (χ3v) is 4.96. The van der Waals surface area contributed by atoms with E-state index in [-0.39, 0.29) is 5.91 Å². The van der Waals surface area contributed by atoms with Gasteiger partial charge in [-0.25, -0.2) is 9.97 Å². The predicted octanol–water partition coefficient (Wildman–Crippen LogP) is 2.63. The highest BCUT2D eigenvalue weighted by atomic mass is 16.5. The summed E-state index contributed by atoms with van der Waals surface area (Å²) in [4.78, 5) is 24.0. The molecule has 2 fully saturated rings. The number of hydrogen-bond donors (Lipinski definition) is 1. The number of aromatic nitrogens is 2. The van der Waals surface area contributed by atoms with Gasteiger partial charge in [0.2, 0.25) is 5.91 Å². The summed E-state index contributed by atoms with van der Waals surface area (Å²) in [6.07, 6.45) is 5.03. The maximum absolute atomic E-state index is 12.2. The van der Waals surface area contributed by atoms with Crippen molar-refractivity contribution in [2.24, 2.45) is 0 Å². The van der Waals surface area contributed by atoms with Gasteiger partial charge in [0.05, 0.1) is 12.1 Å². The van der Waals surface area contributed by atoms with Gasteiger partial charge in [0, 0.05) is 44.0 Å². The molecular formula is C20H26N4O2. The number of carbonyl (C=O) groups excluding carboxylic acids is 1. The minimum Gasteiger partial charge on any atom is -0.383 e. The third kappa shape index (κ3) is 4.12. The number of anilines is 1. The van der Waals surface area contributed by atoms with Gasteiger partial charge in [-0.3, -0.25) is 4.79 Å². The first-order chi connectivity index (χ1) is 12.7. The lowest BCUT2D eigenvalue weighted by Crippen LogP contribution is -2.34. The van der Waals surface area contributed by atoms with E-state index in [4.69, 9.17) is 14.7 Å². The molecule has 0 unspecified atom stereocenters. The first kappa shape index (κ1) is 17.2. The molecule has 6 heteroatoms. The van der Waals surface area contributed by atoms with Crippen molar-refractivity contribution in [3.63, 3.8) is 0 Å². The smallest absolute Gasteiger partial charge is 0.221 e. The number of fused-ring (bicyclic) bond motifs is 1. The van der Waals surface area contributed by atoms with Crippen LogP contribution in [0.5, 0.6) is 0 Å². The Morgan fingerprint density at radius 2 is 2.00 bits per heavy atom. The summed E-state index contributed by atoms with van der Waals surface area (Å²) < 4.78 is 5.29. The van der Waals surface area contributed by atoms with E-state index in [0.717, 1.165) is 35.4 Å². The zero-order valence-electron chi connectivity index (χ0n) is 15.3. The molecular weight excluding hydrogens is 328 g/mol. The van der Waals surface area contributed by atoms with Crippen LogP contribution in [0.4, 0.5) is 5.82 Å². The van der Waals surface area contributed by atoms with Crippen LogP contribution in [0.25, 0.3) is 10.9 Å². The number of ether oxygens (including phenoxy) is 1. The van der Waals surface area contributed by atoms with E-state index in [0.29, 0.717) is 38.1 Å². The van der Waals surface area contributed by atoms with E-state index in [9.17, 15) is 4.79 Å². The van der Waals surface area contributed by atoms with Crippen LogP contribution in [0.2, 0.25) is 0 Å². The molecule has 1 N–H and O–H groups in total. The van der Waals surface area contributed by atoms with Gasteiger partial charge in [0.1, 0.15) is 11.6 Å². The summed E-state index contributed by atoms with van der Waals surface area (Å²) in [5, 5.41) is 4.10. The molecule has 26 heavy (non-hydrogen) atoms. The molecule has 1 aromatic heterocycles. The van der Waals surface area contributed by atoms with Crippen molar-refractivity contribution in [1.82, 2.24) is 15.3 Å². The molecule has 1 amide bonds. The molecule has 138 valence electrons. The molecule has 0 atom stereocenters. The fraction of sp³-hybridized carbons (Fsp3) is 0.550. The standard InChI is InChI=1S/C20H26N4O2/c1-26-13-12-24(11-10-18(25)21-15-8-9-15)20-16-4-2-3-5-17(16)22-19(23-20)14-6-7-14/h2-5,14-15H,6-13H2,1H3,(H,21,25). The highest BCUT2D eigenvalue weighted by Crippen LogP contribution is 2.39. The molecule has 0 radical (unpaired) electrons. The molecule has 2 aliphatic carbocycles. The molecule has 0 saturated heterocycles. The van der Waals surface area contributed by atoms with Crippen molar-refractivity contribution in [3.8, 4) is 0 Å². The fourth-order valence-corrected chi connectivity index (χ4v) is 3.13. The Balaban J connectivity index is 1.59. The topological polar surface area (TPSA) is 67.3 Å². The lowest BCUT2D eigenvalue weighted by Gasteiger charge is -2.25. The third-order valence-electron chi connectivity index (χ3n) is 4.96. The van der Waals surface area contributed by atoms with E-state index < -0.39 is 0 Å². The van der Waals surface area contributed by atoms with Crippen LogP contribution in [0.15, 0.2) is 24.3 Å². The minimum absolute atomic E-state index is 0.121. The summed E-state index contributed by atoms with van der Waals surface area (Å²) >= 11 is 0. The number of benzene rings is 1. The summed E-state index contributed by atoms with van der Waals surface area (Å²) in [6, 6.07) is 8.53. The van der Waals surface area contributed by atoms with Crippen molar-refractivity contribution < 1.29 is 9.53 Å². The monoisotopic (exact) mass is 354 g/mol. The number of rotatable bonds is 9. The van der Waals surface area contributed by atoms with E-state index >= 15 is 0 Å². The van der Waals surface area contributed by atoms with Gasteiger partial charge in [0.15, 0.2) is 0 Å². The maximum Gasteiger partial charge on any atom is 0.221 e. The molecule has 0 spiro atoms. The summed E-state index contributed by atoms with van der Waals surface area (Å²) in [5.74, 6) is 2.47. The fourth-order valence-electron chi connectivity index (χ4n) is 3.13. The van der Waals surface area contributed by atoms with Crippen molar-refractivity contribution in [2.75, 3.05) is 31.7 Å². The van der Waals surface area contributed by atoms with Crippen molar-refractivity contribution in [2.45, 2.75) is 44.1 Å². The van der Waals surface area contributed by atoms with E-state index in [1.165, 1.54) is 12.8 Å². The molecule has 2 aromatic rings. The van der Waals surface area contributed by atoms with Crippen LogP contribution < -0.4 is 10.2 Å². The number of nitrogens with zero attached hydrogens (tertiary/aromatic N) is 3. The Bertz CT molecular complexity index is 786. The summed E-state index contributed by atoms with van der Waals surface area (Å²) in [7, 11) is 1.70. The molecule has 1 heterocycles. The minimum atomic E-state index is 0.121. The molecule has 2 saturated carbocycles. The van der Waals surface area contributed by atoms with Crippen molar-refractivity contribution in [1.29, 1.82) is 0 Å². The van der Waals surface area contributed by atoms with Crippen LogP contribution in [-0.4, -0.2) is 48.7 Å². The second kappa shape index (κ2) is 7.58. The van der Waals surface area contributed by atoms with E-state index in [1.54, 1.807) is 7.11 Å². The molecule has 2 aliphatic rings. The first-order valence-electron chi connectivity index (χ1n) is 9.54. The Kier molecular flexibility index (Phi) is 5.02. The van der Waals surface area contributed by atoms with Crippen molar-refractivity contribution in [3.05, 3.63) is 30.1 Å². The number of para-hydroxylation sites is 1. The molecule has 1 aromatic carbocycles. The molecule has 0 bridgehead atoms. The van der Waals surface area contributed by atoms with Crippen LogP contribution in [0.1, 0.15) is 43.8 Å². The number of methoxy groups -OCH3 is 1. The normalized spacial score (nSPS) is 16.7. The molecule has 4 rings (SSSR count). The Morgan fingerprint density at radius 3 is 2.73 bits per heavy atom. The van der Waals surface area contributed by atoms with Crippen LogP contribution in [0.3, 0.4) is 0 Å². The van der Waals surface area contributed by atoms with Gasteiger partial charge in [-0.15, -0.1) is 0 Å². The number of carbonyl (C=O) groups is 1. The largest absolute Gasteiger partial charge is 0.383 e. The summed E-state index contributed by atoms with van der Waals surface area (Å²) in [6.45, 7) is 1.94. The lowest BCUT2D eigenvalue weighted by molar-refractivity contribution is -0.121. The highest BCUT2D eigenvalue weighted by molar-refractivity contribution is 5.90. The second-order valence-electron chi connectivity index (χ2n) is 7.27. The number of nitrogens with one attached hydrogen (secondary N) is 1. The van der Waals surface area contributed by atoms with E-state index in [1.807, 2.05) is 18.2 Å². The Morgan fingerprint density at radius 1 is 1.19 bits per heavy atom. The van der Waals surface area contributed by atoms with Gasteiger partial charge >= 0.3 is 0 Å². The lowest BCUT2D eigenvalue weighted by atomic mass is 10.2. The Hall–Kier alpha value is -2.21. The number of amides is 1. The van der Waals surface area contributed by atoms with Crippen molar-refractivity contribution >= 4 is 22.6 Å². The van der Waals surface area contributed by atoms with Gasteiger partial charge in [-0.05, 0) is 37.8 Å². The van der Waals surface area contributed by atoms with Gasteiger partial charge < -0.3 is 15.0 Å². The molecule has 6 nitrogen and oxygen atoms in total. The summed E-state index contributed by atoms with van der Waals surface area (Å²) in [5.41, 5.74) is 0.976. The first-order valence-corrected chi connectivity index (χ1v) is 9.54. The average Bonchev–Trinajstić information content (AvgIpc) is 3.55. The second-order valence-corrected chi connectivity index (χ2v) is 7.27. The van der Waals surface area contributed by atoms with Gasteiger partial charge in [-0.1, -0.05) is 12.1 Å². The van der Waals surface area contributed by atoms with Crippen LogP contribution in [-0.2, 0) is 9.53 Å². The molecule has 0 aliphatic heterocycles. The quantitative estimate of drug-likeness (QED) is 0.750. The maximum atomic E-state index is 12.2. The highest BCUT2D eigenvalue weighted by Gasteiger charge is 2.28. The van der Waals surface area contributed by atoms with E-state index in [2.05, 4.69) is 16.3 Å². The zero-order valence-corrected chi connectivity index (χ0v) is 15.3. The zero-order chi connectivity index (χ0) is 17.9. The number of hydrogen-bond acceptors (Lipinski definition) is 5. The van der Waals surface area contributed by atoms with Gasteiger partial charge in [0.25, 0.3) is 0 Å².